The molecule has 2 aliphatic heterocycles. The first-order chi connectivity index (χ1) is 12.0. The zero-order valence-electron chi connectivity index (χ0n) is 15.2. The van der Waals surface area contributed by atoms with E-state index in [1.807, 2.05) is 0 Å². The average Bonchev–Trinajstić information content (AvgIpc) is 2.61. The van der Waals surface area contributed by atoms with Gasteiger partial charge in [0.15, 0.2) is 0 Å². The van der Waals surface area contributed by atoms with E-state index in [4.69, 9.17) is 14.4 Å². The summed E-state index contributed by atoms with van der Waals surface area (Å²) in [6, 6.07) is 0. The molecule has 0 spiro atoms. The van der Waals surface area contributed by atoms with Crippen molar-refractivity contribution >= 4 is 10.3 Å². The van der Waals surface area contributed by atoms with Gasteiger partial charge in [0.1, 0.15) is 0 Å². The minimum Gasteiger partial charge on any atom is -0.396 e. The molecule has 25 heavy (non-hydrogen) atoms. The van der Waals surface area contributed by atoms with Gasteiger partial charge in [-0.1, -0.05) is 12.8 Å². The summed E-state index contributed by atoms with van der Waals surface area (Å²) in [5.74, 6) is 0.512. The van der Waals surface area contributed by atoms with Crippen LogP contribution in [0.3, 0.4) is 0 Å². The standard InChI is InChI=1S/C17H34N2O5S/c20-15-16-5-10-18(11-6-16)9-3-1-2-4-14-24-17-7-12-19(13-8-17)25(21,22)23/h16-17,20H,1-15H2,(H,21,22,23). The van der Waals surface area contributed by atoms with Crippen molar-refractivity contribution in [3.05, 3.63) is 0 Å². The van der Waals surface area contributed by atoms with Gasteiger partial charge in [0, 0.05) is 26.3 Å². The lowest BCUT2D eigenvalue weighted by atomic mass is 9.98. The molecule has 0 bridgehead atoms. The van der Waals surface area contributed by atoms with E-state index in [9.17, 15) is 8.42 Å². The van der Waals surface area contributed by atoms with Gasteiger partial charge in [-0.3, -0.25) is 4.55 Å². The fourth-order valence-corrected chi connectivity index (χ4v) is 4.34. The van der Waals surface area contributed by atoms with E-state index in [1.165, 1.54) is 12.8 Å². The van der Waals surface area contributed by atoms with Crippen LogP contribution in [0.15, 0.2) is 0 Å². The van der Waals surface area contributed by atoms with Gasteiger partial charge in [0.25, 0.3) is 0 Å². The number of aliphatic hydroxyl groups excluding tert-OH is 1. The molecular formula is C17H34N2O5S. The largest absolute Gasteiger partial charge is 0.396 e. The summed E-state index contributed by atoms with van der Waals surface area (Å²) in [7, 11) is -4.04. The molecule has 2 heterocycles. The average molecular weight is 379 g/mol. The molecule has 0 atom stereocenters. The molecule has 2 rings (SSSR count). The molecule has 0 amide bonds. The van der Waals surface area contributed by atoms with Crippen LogP contribution in [-0.2, 0) is 15.0 Å². The Labute approximate surface area is 152 Å². The van der Waals surface area contributed by atoms with Gasteiger partial charge in [-0.25, -0.2) is 0 Å². The molecule has 148 valence electrons. The number of rotatable bonds is 10. The summed E-state index contributed by atoms with van der Waals surface area (Å²) < 4.78 is 38.0. The van der Waals surface area contributed by atoms with Crippen molar-refractivity contribution < 1.29 is 22.8 Å². The van der Waals surface area contributed by atoms with Crippen LogP contribution in [0.1, 0.15) is 51.4 Å². The third-order valence-electron chi connectivity index (χ3n) is 5.41. The molecule has 2 saturated heterocycles. The van der Waals surface area contributed by atoms with Gasteiger partial charge in [-0.2, -0.15) is 12.7 Å². The van der Waals surface area contributed by atoms with Crippen molar-refractivity contribution in [2.45, 2.75) is 57.5 Å². The molecule has 2 aliphatic rings. The first-order valence-electron chi connectivity index (χ1n) is 9.66. The van der Waals surface area contributed by atoms with Crippen LogP contribution in [0, 0.1) is 5.92 Å². The summed E-state index contributed by atoms with van der Waals surface area (Å²) in [6.45, 7) is 5.16. The van der Waals surface area contributed by atoms with E-state index in [2.05, 4.69) is 4.90 Å². The van der Waals surface area contributed by atoms with Crippen molar-refractivity contribution in [1.29, 1.82) is 0 Å². The molecule has 8 heteroatoms. The second-order valence-corrected chi connectivity index (χ2v) is 8.74. The first-order valence-corrected chi connectivity index (χ1v) is 11.1. The Bertz CT molecular complexity index is 458. The lowest BCUT2D eigenvalue weighted by Crippen LogP contribution is -2.40. The second kappa shape index (κ2) is 10.8. The highest BCUT2D eigenvalue weighted by Crippen LogP contribution is 2.18. The van der Waals surface area contributed by atoms with Crippen LogP contribution in [0.4, 0.5) is 0 Å². The normalized spacial score (nSPS) is 22.5. The van der Waals surface area contributed by atoms with Crippen molar-refractivity contribution in [2.75, 3.05) is 45.9 Å². The van der Waals surface area contributed by atoms with Crippen molar-refractivity contribution in [2.24, 2.45) is 5.92 Å². The smallest absolute Gasteiger partial charge is 0.335 e. The lowest BCUT2D eigenvalue weighted by Gasteiger charge is -2.31. The van der Waals surface area contributed by atoms with Gasteiger partial charge in [-0.15, -0.1) is 0 Å². The molecule has 0 aliphatic carbocycles. The Morgan fingerprint density at radius 1 is 0.920 bits per heavy atom. The topological polar surface area (TPSA) is 90.3 Å². The molecular weight excluding hydrogens is 344 g/mol. The zero-order valence-corrected chi connectivity index (χ0v) is 16.0. The molecule has 0 saturated carbocycles. The van der Waals surface area contributed by atoms with E-state index in [0.29, 0.717) is 38.5 Å². The maximum atomic E-state index is 11.0. The van der Waals surface area contributed by atoms with E-state index in [1.54, 1.807) is 0 Å². The molecule has 2 N–H and O–H groups in total. The summed E-state index contributed by atoms with van der Waals surface area (Å²) in [5.41, 5.74) is 0. The van der Waals surface area contributed by atoms with E-state index in [0.717, 1.165) is 56.2 Å². The van der Waals surface area contributed by atoms with Gasteiger partial charge in [0.05, 0.1) is 6.10 Å². The van der Waals surface area contributed by atoms with Crippen LogP contribution in [-0.4, -0.2) is 79.3 Å². The monoisotopic (exact) mass is 378 g/mol. The Hall–Kier alpha value is -0.250. The Balaban J connectivity index is 1.42. The molecule has 0 aromatic carbocycles. The summed E-state index contributed by atoms with van der Waals surface area (Å²) in [5, 5.41) is 9.15. The van der Waals surface area contributed by atoms with Gasteiger partial charge < -0.3 is 14.7 Å². The first kappa shape index (κ1) is 21.1. The predicted octanol–water partition coefficient (Wildman–Crippen LogP) is 1.53. The Morgan fingerprint density at radius 3 is 2.16 bits per heavy atom. The Morgan fingerprint density at radius 2 is 1.56 bits per heavy atom. The number of hydrogen-bond acceptors (Lipinski definition) is 5. The van der Waals surface area contributed by atoms with Crippen molar-refractivity contribution in [3.8, 4) is 0 Å². The van der Waals surface area contributed by atoms with E-state index >= 15 is 0 Å². The minimum absolute atomic E-state index is 0.117. The molecule has 0 aromatic rings. The van der Waals surface area contributed by atoms with Gasteiger partial charge >= 0.3 is 10.3 Å². The number of likely N-dealkylation sites (tertiary alicyclic amines) is 1. The number of piperidine rings is 2. The van der Waals surface area contributed by atoms with Crippen LogP contribution in [0.25, 0.3) is 0 Å². The van der Waals surface area contributed by atoms with Crippen LogP contribution in [0.2, 0.25) is 0 Å². The number of ether oxygens (including phenoxy) is 1. The fraction of sp³-hybridized carbons (Fsp3) is 1.00. The maximum absolute atomic E-state index is 11.0. The number of nitrogens with zero attached hydrogens (tertiary/aromatic N) is 2. The van der Waals surface area contributed by atoms with Crippen LogP contribution >= 0.6 is 0 Å². The summed E-state index contributed by atoms with van der Waals surface area (Å²) in [4.78, 5) is 2.51. The SMILES string of the molecule is O=S(=O)(O)N1CCC(OCCCCCCN2CCC(CO)CC2)CC1. The molecule has 7 nitrogen and oxygen atoms in total. The fourth-order valence-electron chi connectivity index (χ4n) is 3.66. The number of hydrogen-bond donors (Lipinski definition) is 2. The highest BCUT2D eigenvalue weighted by molar-refractivity contribution is 7.83. The Kier molecular flexibility index (Phi) is 9.09. The van der Waals surface area contributed by atoms with E-state index in [-0.39, 0.29) is 6.10 Å². The van der Waals surface area contributed by atoms with Crippen LogP contribution < -0.4 is 0 Å². The molecule has 0 unspecified atom stereocenters. The van der Waals surface area contributed by atoms with Gasteiger partial charge in [0.2, 0.25) is 0 Å². The third-order valence-corrected chi connectivity index (χ3v) is 6.43. The highest BCUT2D eigenvalue weighted by Gasteiger charge is 2.26. The lowest BCUT2D eigenvalue weighted by molar-refractivity contribution is 0.0181. The highest BCUT2D eigenvalue weighted by atomic mass is 32.2. The van der Waals surface area contributed by atoms with Crippen LogP contribution in [0.5, 0.6) is 0 Å². The number of unbranched alkanes of at least 4 members (excludes halogenated alkanes) is 3. The summed E-state index contributed by atoms with van der Waals surface area (Å²) >= 11 is 0. The zero-order chi connectivity index (χ0) is 18.1. The third kappa shape index (κ3) is 7.88. The van der Waals surface area contributed by atoms with Crippen molar-refractivity contribution in [3.63, 3.8) is 0 Å². The number of aliphatic hydroxyl groups is 1. The minimum atomic E-state index is -4.04. The van der Waals surface area contributed by atoms with Crippen molar-refractivity contribution in [1.82, 2.24) is 9.21 Å². The predicted molar refractivity (Wildman–Crippen MR) is 96.8 cm³/mol. The quantitative estimate of drug-likeness (QED) is 0.443. The summed E-state index contributed by atoms with van der Waals surface area (Å²) in [6.07, 6.45) is 8.32. The second-order valence-electron chi connectivity index (χ2n) is 7.33. The van der Waals surface area contributed by atoms with E-state index < -0.39 is 10.3 Å². The molecule has 2 fully saturated rings. The maximum Gasteiger partial charge on any atom is 0.335 e. The van der Waals surface area contributed by atoms with Gasteiger partial charge in [-0.05, 0) is 64.1 Å². The molecule has 0 aromatic heterocycles. The molecule has 0 radical (unpaired) electrons.